The van der Waals surface area contributed by atoms with Crippen molar-refractivity contribution in [3.05, 3.63) is 66.2 Å². The predicted octanol–water partition coefficient (Wildman–Crippen LogP) is 4.48. The monoisotopic (exact) mass is 546 g/mol. The summed E-state index contributed by atoms with van der Waals surface area (Å²) < 4.78 is 99.2. The molecule has 1 saturated heterocycles. The molecule has 0 saturated carbocycles. The first kappa shape index (κ1) is 25.5. The zero-order valence-corrected chi connectivity index (χ0v) is 20.8. The molecule has 1 aliphatic heterocycles. The normalized spacial score (nSPS) is 17.4. The van der Waals surface area contributed by atoms with E-state index in [2.05, 4.69) is 4.72 Å². The lowest BCUT2D eigenvalue weighted by atomic mass is 10.1. The quantitative estimate of drug-likeness (QED) is 0.470. The second kappa shape index (κ2) is 9.45. The molecule has 1 aliphatic rings. The van der Waals surface area contributed by atoms with E-state index in [0.717, 1.165) is 24.3 Å². The maximum absolute atomic E-state index is 13.5. The Morgan fingerprint density at radius 1 is 1.00 bits per heavy atom. The Balaban J connectivity index is 1.61. The first-order valence-electron chi connectivity index (χ1n) is 10.4. The minimum absolute atomic E-state index is 0.0147. The lowest BCUT2D eigenvalue weighted by molar-refractivity contribution is -0.139. The average molecular weight is 547 g/mol. The Hall–Kier alpha value is -2.61. The first-order valence-corrected chi connectivity index (χ1v) is 14.1. The SMILES string of the molecule is CN1CC[C@@H](Oc2cc(NS(=O)(=O)c3ccc(S(=O)(=O)c4ccccc4)s3)ccc2C(F)(F)F)C1. The highest BCUT2D eigenvalue weighted by Crippen LogP contribution is 2.39. The number of halogens is 3. The van der Waals surface area contributed by atoms with Gasteiger partial charge in [-0.2, -0.15) is 13.2 Å². The third kappa shape index (κ3) is 5.63. The van der Waals surface area contributed by atoms with Crippen LogP contribution in [0.25, 0.3) is 0 Å². The molecule has 13 heteroatoms. The molecule has 0 aliphatic carbocycles. The Morgan fingerprint density at radius 3 is 2.31 bits per heavy atom. The van der Waals surface area contributed by atoms with Gasteiger partial charge in [0.05, 0.1) is 16.1 Å². The minimum atomic E-state index is -4.69. The van der Waals surface area contributed by atoms with Gasteiger partial charge in [-0.05, 0) is 49.9 Å². The molecule has 4 rings (SSSR count). The van der Waals surface area contributed by atoms with Crippen LogP contribution in [0.1, 0.15) is 12.0 Å². The van der Waals surface area contributed by atoms with Gasteiger partial charge >= 0.3 is 6.18 Å². The number of sulfone groups is 1. The molecule has 1 aromatic heterocycles. The van der Waals surface area contributed by atoms with Crippen LogP contribution < -0.4 is 9.46 Å². The van der Waals surface area contributed by atoms with E-state index in [1.54, 1.807) is 18.2 Å². The van der Waals surface area contributed by atoms with Crippen LogP contribution in [-0.4, -0.2) is 48.0 Å². The summed E-state index contributed by atoms with van der Waals surface area (Å²) in [5.41, 5.74) is -1.15. The molecule has 1 N–H and O–H groups in total. The lowest BCUT2D eigenvalue weighted by Crippen LogP contribution is -2.23. The van der Waals surface area contributed by atoms with E-state index < -0.39 is 43.5 Å². The molecular formula is C22H21F3N2O5S3. The predicted molar refractivity (Wildman–Crippen MR) is 125 cm³/mol. The number of thiophene rings is 1. The number of rotatable bonds is 7. The molecule has 0 unspecified atom stereocenters. The fourth-order valence-electron chi connectivity index (χ4n) is 3.60. The van der Waals surface area contributed by atoms with Gasteiger partial charge in [0.15, 0.2) is 0 Å². The van der Waals surface area contributed by atoms with Crippen molar-refractivity contribution < 1.29 is 34.7 Å². The van der Waals surface area contributed by atoms with Crippen LogP contribution >= 0.6 is 11.3 Å². The third-order valence-corrected chi connectivity index (χ3v) is 10.5. The molecule has 2 heterocycles. The van der Waals surface area contributed by atoms with Crippen molar-refractivity contribution in [2.24, 2.45) is 0 Å². The van der Waals surface area contributed by atoms with Crippen LogP contribution in [0.2, 0.25) is 0 Å². The van der Waals surface area contributed by atoms with Gasteiger partial charge in [-0.3, -0.25) is 4.72 Å². The Bertz CT molecular complexity index is 1420. The molecule has 0 bridgehead atoms. The molecule has 2 aromatic carbocycles. The van der Waals surface area contributed by atoms with E-state index in [1.807, 2.05) is 11.9 Å². The number of alkyl halides is 3. The summed E-state index contributed by atoms with van der Waals surface area (Å²) in [5.74, 6) is -0.475. The number of ether oxygens (including phenoxy) is 1. The summed E-state index contributed by atoms with van der Waals surface area (Å²) in [4.78, 5) is 1.93. The Labute approximate surface area is 205 Å². The molecule has 188 valence electrons. The van der Waals surface area contributed by atoms with Crippen LogP contribution in [0.3, 0.4) is 0 Å². The van der Waals surface area contributed by atoms with Crippen molar-refractivity contribution in [3.63, 3.8) is 0 Å². The molecule has 7 nitrogen and oxygen atoms in total. The fraction of sp³-hybridized carbons (Fsp3) is 0.273. The number of nitrogens with zero attached hydrogens (tertiary/aromatic N) is 1. The number of likely N-dealkylation sites (tertiary alicyclic amines) is 1. The number of likely N-dealkylation sites (N-methyl/N-ethyl adjacent to an activating group) is 1. The zero-order chi connectivity index (χ0) is 25.4. The summed E-state index contributed by atoms with van der Waals surface area (Å²) >= 11 is 0.544. The van der Waals surface area contributed by atoms with E-state index in [4.69, 9.17) is 4.74 Å². The molecule has 0 amide bonds. The van der Waals surface area contributed by atoms with Crippen LogP contribution in [0.15, 0.2) is 74.0 Å². The van der Waals surface area contributed by atoms with Gasteiger partial charge in [-0.15, -0.1) is 11.3 Å². The fourth-order valence-corrected chi connectivity index (χ4v) is 7.84. The highest BCUT2D eigenvalue weighted by Gasteiger charge is 2.36. The number of hydrogen-bond donors (Lipinski definition) is 1. The van der Waals surface area contributed by atoms with Gasteiger partial charge in [-0.1, -0.05) is 18.2 Å². The maximum atomic E-state index is 13.5. The molecular weight excluding hydrogens is 525 g/mol. The number of hydrogen-bond acceptors (Lipinski definition) is 7. The summed E-state index contributed by atoms with van der Waals surface area (Å²) in [6, 6.07) is 12.6. The van der Waals surface area contributed by atoms with Gasteiger partial charge in [-0.25, -0.2) is 16.8 Å². The van der Waals surface area contributed by atoms with Crippen LogP contribution in [0.4, 0.5) is 18.9 Å². The van der Waals surface area contributed by atoms with E-state index in [-0.39, 0.29) is 19.0 Å². The topological polar surface area (TPSA) is 92.8 Å². The molecule has 35 heavy (non-hydrogen) atoms. The summed E-state index contributed by atoms with van der Waals surface area (Å²) in [5, 5.41) is 0. The van der Waals surface area contributed by atoms with E-state index in [0.29, 0.717) is 30.8 Å². The largest absolute Gasteiger partial charge is 0.488 e. The first-order chi connectivity index (χ1) is 16.4. The standard InChI is InChI=1S/C22H21F3N2O5S3/c1-27-12-11-16(14-27)32-19-13-15(7-8-18(19)22(23,24)25)26-35(30,31)21-10-9-20(33-21)34(28,29)17-5-3-2-4-6-17/h2-10,13,16,26H,11-12,14H2,1H3/t16-/m1/s1. The molecule has 3 aromatic rings. The highest BCUT2D eigenvalue weighted by atomic mass is 32.3. The maximum Gasteiger partial charge on any atom is 0.419 e. The van der Waals surface area contributed by atoms with Crippen molar-refractivity contribution in [1.82, 2.24) is 4.90 Å². The second-order valence-electron chi connectivity index (χ2n) is 7.99. The average Bonchev–Trinajstić information content (AvgIpc) is 3.44. The van der Waals surface area contributed by atoms with Crippen molar-refractivity contribution in [2.75, 3.05) is 24.9 Å². The molecule has 0 radical (unpaired) electrons. The number of benzene rings is 2. The van der Waals surface area contributed by atoms with Crippen LogP contribution in [-0.2, 0) is 26.0 Å². The van der Waals surface area contributed by atoms with Crippen molar-refractivity contribution >= 4 is 36.9 Å². The molecule has 1 atom stereocenters. The Kier molecular flexibility index (Phi) is 6.88. The van der Waals surface area contributed by atoms with Crippen LogP contribution in [0, 0.1) is 0 Å². The van der Waals surface area contributed by atoms with E-state index >= 15 is 0 Å². The molecule has 0 spiro atoms. The van der Waals surface area contributed by atoms with E-state index in [1.165, 1.54) is 18.2 Å². The summed E-state index contributed by atoms with van der Waals surface area (Å²) in [6.45, 7) is 1.12. The van der Waals surface area contributed by atoms with Gasteiger partial charge in [0.2, 0.25) is 9.84 Å². The summed E-state index contributed by atoms with van der Waals surface area (Å²) in [7, 11) is -6.37. The van der Waals surface area contributed by atoms with Gasteiger partial charge in [0.25, 0.3) is 10.0 Å². The molecule has 1 fully saturated rings. The van der Waals surface area contributed by atoms with E-state index in [9.17, 15) is 30.0 Å². The van der Waals surface area contributed by atoms with Gasteiger partial charge in [0, 0.05) is 19.2 Å². The third-order valence-electron chi connectivity index (χ3n) is 5.32. The number of sulfonamides is 1. The number of nitrogens with one attached hydrogen (secondary N) is 1. The van der Waals surface area contributed by atoms with Crippen molar-refractivity contribution in [2.45, 2.75) is 32.0 Å². The highest BCUT2D eigenvalue weighted by molar-refractivity contribution is 7.96. The van der Waals surface area contributed by atoms with Crippen LogP contribution in [0.5, 0.6) is 5.75 Å². The van der Waals surface area contributed by atoms with Crippen molar-refractivity contribution in [3.8, 4) is 5.75 Å². The number of anilines is 1. The van der Waals surface area contributed by atoms with Gasteiger partial charge in [0.1, 0.15) is 20.3 Å². The van der Waals surface area contributed by atoms with Gasteiger partial charge < -0.3 is 9.64 Å². The zero-order valence-electron chi connectivity index (χ0n) is 18.3. The second-order valence-corrected chi connectivity index (χ2v) is 13.2. The Morgan fingerprint density at radius 2 is 1.69 bits per heavy atom. The lowest BCUT2D eigenvalue weighted by Gasteiger charge is -2.19. The smallest absolute Gasteiger partial charge is 0.419 e. The summed E-state index contributed by atoms with van der Waals surface area (Å²) in [6.07, 6.45) is -4.61. The minimum Gasteiger partial charge on any atom is -0.488 e. The van der Waals surface area contributed by atoms with Crippen molar-refractivity contribution in [1.29, 1.82) is 0 Å².